The Morgan fingerprint density at radius 1 is 1.17 bits per heavy atom. The molecule has 0 radical (unpaired) electrons. The first kappa shape index (κ1) is 24.9. The maximum absolute atomic E-state index is 13.4. The number of ether oxygens (including phenoxy) is 2. The summed E-state index contributed by atoms with van der Waals surface area (Å²) in [5.41, 5.74) is 3.26. The van der Waals surface area contributed by atoms with Crippen LogP contribution in [0.15, 0.2) is 55.1 Å². The van der Waals surface area contributed by atoms with Gasteiger partial charge in [-0.15, -0.1) is 0 Å². The largest absolute Gasteiger partial charge is 0.444 e. The number of nitrogens with one attached hydrogen (secondary N) is 1. The first-order chi connectivity index (χ1) is 16.6. The quantitative estimate of drug-likeness (QED) is 0.655. The van der Waals surface area contributed by atoms with Crippen LogP contribution in [0.3, 0.4) is 0 Å². The zero-order valence-corrected chi connectivity index (χ0v) is 20.6. The van der Waals surface area contributed by atoms with Gasteiger partial charge in [0.1, 0.15) is 11.6 Å². The van der Waals surface area contributed by atoms with Crippen molar-refractivity contribution in [1.29, 1.82) is 0 Å². The molecule has 2 aromatic rings. The summed E-state index contributed by atoms with van der Waals surface area (Å²) < 4.78 is 11.7. The van der Waals surface area contributed by atoms with Crippen molar-refractivity contribution in [3.05, 3.63) is 77.4 Å². The fourth-order valence-electron chi connectivity index (χ4n) is 4.65. The molecular weight excluding hydrogens is 444 g/mol. The Hall–Kier alpha value is -3.16. The smallest absolute Gasteiger partial charge is 0.411 e. The van der Waals surface area contributed by atoms with E-state index in [1.165, 1.54) is 4.90 Å². The second kappa shape index (κ2) is 10.2. The summed E-state index contributed by atoms with van der Waals surface area (Å²) in [6.45, 7) is 9.77. The van der Waals surface area contributed by atoms with Crippen molar-refractivity contribution in [3.63, 3.8) is 0 Å². The maximum Gasteiger partial charge on any atom is 0.411 e. The molecule has 1 heterocycles. The fraction of sp³-hybridized carbons (Fsp3) is 0.429. The zero-order valence-electron chi connectivity index (χ0n) is 20.6. The Balaban J connectivity index is 1.46. The lowest BCUT2D eigenvalue weighted by Gasteiger charge is -2.29. The van der Waals surface area contributed by atoms with Crippen molar-refractivity contribution < 1.29 is 24.2 Å². The van der Waals surface area contributed by atoms with Crippen molar-refractivity contribution in [2.24, 2.45) is 0 Å². The van der Waals surface area contributed by atoms with Gasteiger partial charge < -0.3 is 19.9 Å². The molecule has 1 saturated heterocycles. The Morgan fingerprint density at radius 2 is 1.89 bits per heavy atom. The SMILES string of the molecule is C=Cc1ccc(CO[C@@H]2C[C@@H](C(=O)N[C@H]3c4ccccc4C[C@H]3O)N(C(=O)OC(C)(C)C)C2)cc1. The van der Waals surface area contributed by atoms with Gasteiger partial charge in [-0.25, -0.2) is 4.79 Å². The van der Waals surface area contributed by atoms with Gasteiger partial charge in [0.05, 0.1) is 31.4 Å². The van der Waals surface area contributed by atoms with E-state index in [-0.39, 0.29) is 18.6 Å². The van der Waals surface area contributed by atoms with Crippen LogP contribution in [0.25, 0.3) is 6.08 Å². The van der Waals surface area contributed by atoms with Crippen LogP contribution in [0.2, 0.25) is 0 Å². The van der Waals surface area contributed by atoms with Crippen LogP contribution >= 0.6 is 0 Å². The van der Waals surface area contributed by atoms with Crippen LogP contribution in [-0.4, -0.2) is 52.4 Å². The number of carbonyl (C=O) groups is 2. The molecule has 35 heavy (non-hydrogen) atoms. The van der Waals surface area contributed by atoms with Gasteiger partial charge >= 0.3 is 6.09 Å². The van der Waals surface area contributed by atoms with Gasteiger partial charge in [-0.2, -0.15) is 0 Å². The monoisotopic (exact) mass is 478 g/mol. The summed E-state index contributed by atoms with van der Waals surface area (Å²) in [5, 5.41) is 13.6. The summed E-state index contributed by atoms with van der Waals surface area (Å²) in [4.78, 5) is 27.8. The van der Waals surface area contributed by atoms with E-state index in [9.17, 15) is 14.7 Å². The molecule has 0 spiro atoms. The lowest BCUT2D eigenvalue weighted by atomic mass is 10.1. The van der Waals surface area contributed by atoms with Gasteiger partial charge in [-0.1, -0.05) is 61.2 Å². The lowest BCUT2D eigenvalue weighted by Crippen LogP contribution is -2.49. The first-order valence-corrected chi connectivity index (χ1v) is 12.0. The number of nitrogens with zero attached hydrogens (tertiary/aromatic N) is 1. The summed E-state index contributed by atoms with van der Waals surface area (Å²) in [5.74, 6) is -0.321. The number of aliphatic hydroxyl groups is 1. The van der Waals surface area contributed by atoms with E-state index in [0.29, 0.717) is 19.4 Å². The molecule has 4 rings (SSSR count). The average Bonchev–Trinajstić information content (AvgIpc) is 3.38. The highest BCUT2D eigenvalue weighted by Gasteiger charge is 2.43. The third kappa shape index (κ3) is 5.92. The Morgan fingerprint density at radius 3 is 2.57 bits per heavy atom. The molecule has 2 aromatic carbocycles. The lowest BCUT2D eigenvalue weighted by molar-refractivity contribution is -0.127. The average molecular weight is 479 g/mol. The molecule has 1 aliphatic heterocycles. The number of hydrogen-bond acceptors (Lipinski definition) is 5. The van der Waals surface area contributed by atoms with Crippen molar-refractivity contribution in [2.45, 2.75) is 70.1 Å². The second-order valence-corrected chi connectivity index (χ2v) is 10.2. The molecule has 2 aliphatic rings. The van der Waals surface area contributed by atoms with E-state index in [2.05, 4.69) is 11.9 Å². The zero-order chi connectivity index (χ0) is 25.2. The van der Waals surface area contributed by atoms with E-state index in [1.807, 2.05) is 48.5 Å². The van der Waals surface area contributed by atoms with Gasteiger partial charge in [-0.05, 0) is 43.0 Å². The number of likely N-dealkylation sites (tertiary alicyclic amines) is 1. The molecule has 0 unspecified atom stereocenters. The highest BCUT2D eigenvalue weighted by Crippen LogP contribution is 2.32. The standard InChI is InChI=1S/C28H34N2O5/c1-5-18-10-12-19(13-11-18)17-34-21-15-23(30(16-21)27(33)35-28(2,3)4)26(32)29-25-22-9-7-6-8-20(22)14-24(25)31/h5-13,21,23-25,31H,1,14-17H2,2-4H3,(H,29,32)/t21-,23+,24-,25+/m1/s1. The Labute approximate surface area is 206 Å². The molecule has 186 valence electrons. The third-order valence-electron chi connectivity index (χ3n) is 6.40. The van der Waals surface area contributed by atoms with Crippen LogP contribution in [-0.2, 0) is 27.3 Å². The van der Waals surface area contributed by atoms with E-state index in [4.69, 9.17) is 9.47 Å². The van der Waals surface area contributed by atoms with Crippen LogP contribution in [0.1, 0.15) is 55.5 Å². The fourth-order valence-corrected chi connectivity index (χ4v) is 4.65. The topological polar surface area (TPSA) is 88.1 Å². The highest BCUT2D eigenvalue weighted by atomic mass is 16.6. The van der Waals surface area contributed by atoms with E-state index < -0.39 is 29.9 Å². The second-order valence-electron chi connectivity index (χ2n) is 10.2. The molecule has 0 aromatic heterocycles. The van der Waals surface area contributed by atoms with Gasteiger partial charge in [-0.3, -0.25) is 9.69 Å². The van der Waals surface area contributed by atoms with Crippen molar-refractivity contribution in [3.8, 4) is 0 Å². The molecule has 1 fully saturated rings. The number of aliphatic hydroxyl groups excluding tert-OH is 1. The molecule has 1 aliphatic carbocycles. The number of hydrogen-bond donors (Lipinski definition) is 2. The number of fused-ring (bicyclic) bond motifs is 1. The van der Waals surface area contributed by atoms with Crippen molar-refractivity contribution in [2.75, 3.05) is 6.54 Å². The number of rotatable bonds is 6. The van der Waals surface area contributed by atoms with E-state index >= 15 is 0 Å². The van der Waals surface area contributed by atoms with Crippen LogP contribution in [0, 0.1) is 0 Å². The molecule has 2 amide bonds. The van der Waals surface area contributed by atoms with Gasteiger partial charge in [0.15, 0.2) is 0 Å². The first-order valence-electron chi connectivity index (χ1n) is 12.0. The number of amides is 2. The minimum atomic E-state index is -0.752. The van der Waals surface area contributed by atoms with Crippen molar-refractivity contribution in [1.82, 2.24) is 10.2 Å². The number of benzene rings is 2. The minimum absolute atomic E-state index is 0.252. The van der Waals surface area contributed by atoms with E-state index in [0.717, 1.165) is 22.3 Å². The third-order valence-corrected chi connectivity index (χ3v) is 6.40. The van der Waals surface area contributed by atoms with Crippen molar-refractivity contribution >= 4 is 18.1 Å². The molecule has 7 nitrogen and oxygen atoms in total. The maximum atomic E-state index is 13.4. The molecule has 2 N–H and O–H groups in total. The highest BCUT2D eigenvalue weighted by molar-refractivity contribution is 5.87. The minimum Gasteiger partial charge on any atom is -0.444 e. The van der Waals surface area contributed by atoms with E-state index in [1.54, 1.807) is 26.8 Å². The van der Waals surface area contributed by atoms with Gasteiger partial charge in [0, 0.05) is 12.8 Å². The predicted octanol–water partition coefficient (Wildman–Crippen LogP) is 4.00. The predicted molar refractivity (Wildman–Crippen MR) is 133 cm³/mol. The normalized spacial score (nSPS) is 23.6. The van der Waals surface area contributed by atoms with Crippen LogP contribution in [0.4, 0.5) is 4.79 Å². The van der Waals surface area contributed by atoms with Crippen LogP contribution < -0.4 is 5.32 Å². The Bertz CT molecular complexity index is 1080. The summed E-state index contributed by atoms with van der Waals surface area (Å²) in [6.07, 6.45) is 1.03. The molecular formula is C28H34N2O5. The molecule has 7 heteroatoms. The molecule has 0 saturated carbocycles. The van der Waals surface area contributed by atoms with Crippen LogP contribution in [0.5, 0.6) is 0 Å². The van der Waals surface area contributed by atoms with Gasteiger partial charge in [0.25, 0.3) is 0 Å². The Kier molecular flexibility index (Phi) is 7.28. The molecule has 0 bridgehead atoms. The molecule has 4 atom stereocenters. The number of carbonyl (C=O) groups excluding carboxylic acids is 2. The summed E-state index contributed by atoms with van der Waals surface area (Å²) in [7, 11) is 0. The summed E-state index contributed by atoms with van der Waals surface area (Å²) in [6, 6.07) is 14.3. The summed E-state index contributed by atoms with van der Waals surface area (Å²) >= 11 is 0. The van der Waals surface area contributed by atoms with Gasteiger partial charge in [0.2, 0.25) is 5.91 Å².